The molecule has 0 amide bonds. The maximum Gasteiger partial charge on any atom is 0.276 e. The van der Waals surface area contributed by atoms with Gasteiger partial charge in [0.05, 0.1) is 10.5 Å². The smallest absolute Gasteiger partial charge is 0.276 e. The Labute approximate surface area is 68.0 Å². The SMILES string of the molecule is Cc1c([N+](=O)[O-])cc[nH]c1=S. The lowest BCUT2D eigenvalue weighted by molar-refractivity contribution is -0.385. The molecule has 1 rings (SSSR count). The van der Waals surface area contributed by atoms with E-state index in [1.165, 1.54) is 12.3 Å². The first-order chi connectivity index (χ1) is 5.13. The molecule has 0 spiro atoms. The van der Waals surface area contributed by atoms with E-state index in [9.17, 15) is 10.1 Å². The molecular weight excluding hydrogens is 164 g/mol. The van der Waals surface area contributed by atoms with Gasteiger partial charge in [0.1, 0.15) is 4.64 Å². The van der Waals surface area contributed by atoms with Gasteiger partial charge < -0.3 is 4.98 Å². The number of nitrogens with one attached hydrogen (secondary N) is 1. The van der Waals surface area contributed by atoms with Gasteiger partial charge in [-0.3, -0.25) is 10.1 Å². The third kappa shape index (κ3) is 1.43. The summed E-state index contributed by atoms with van der Waals surface area (Å²) in [6.45, 7) is 1.62. The molecular formula is C6H6N2O2S. The van der Waals surface area contributed by atoms with Crippen molar-refractivity contribution in [1.82, 2.24) is 4.98 Å². The normalized spacial score (nSPS) is 9.55. The fourth-order valence-corrected chi connectivity index (χ4v) is 0.916. The van der Waals surface area contributed by atoms with Crippen LogP contribution in [0.2, 0.25) is 0 Å². The van der Waals surface area contributed by atoms with Crippen LogP contribution in [-0.4, -0.2) is 9.91 Å². The van der Waals surface area contributed by atoms with Crippen LogP contribution in [0.5, 0.6) is 0 Å². The van der Waals surface area contributed by atoms with E-state index in [-0.39, 0.29) is 5.69 Å². The number of H-pyrrole nitrogens is 1. The van der Waals surface area contributed by atoms with E-state index in [2.05, 4.69) is 4.98 Å². The average molecular weight is 170 g/mol. The first-order valence-electron chi connectivity index (χ1n) is 2.95. The summed E-state index contributed by atoms with van der Waals surface area (Å²) in [4.78, 5) is 12.6. The first kappa shape index (κ1) is 7.87. The minimum absolute atomic E-state index is 0.0637. The maximum atomic E-state index is 10.3. The van der Waals surface area contributed by atoms with E-state index in [0.29, 0.717) is 10.2 Å². The highest BCUT2D eigenvalue weighted by Gasteiger charge is 2.09. The van der Waals surface area contributed by atoms with E-state index in [4.69, 9.17) is 12.2 Å². The van der Waals surface area contributed by atoms with Gasteiger partial charge >= 0.3 is 0 Å². The molecule has 0 saturated heterocycles. The summed E-state index contributed by atoms with van der Waals surface area (Å²) in [5, 5.41) is 10.3. The van der Waals surface area contributed by atoms with E-state index in [0.717, 1.165) is 0 Å². The van der Waals surface area contributed by atoms with Crippen LogP contribution in [0.15, 0.2) is 12.3 Å². The van der Waals surface area contributed by atoms with E-state index < -0.39 is 4.92 Å². The van der Waals surface area contributed by atoms with Gasteiger partial charge in [-0.25, -0.2) is 0 Å². The Balaban J connectivity index is 3.39. The number of rotatable bonds is 1. The van der Waals surface area contributed by atoms with Crippen molar-refractivity contribution in [2.75, 3.05) is 0 Å². The van der Waals surface area contributed by atoms with Gasteiger partial charge in [-0.15, -0.1) is 0 Å². The Morgan fingerprint density at radius 1 is 1.73 bits per heavy atom. The second-order valence-corrected chi connectivity index (χ2v) is 2.48. The Morgan fingerprint density at radius 2 is 2.36 bits per heavy atom. The summed E-state index contributed by atoms with van der Waals surface area (Å²) in [5.41, 5.74) is 0.571. The Bertz CT molecular complexity index is 345. The van der Waals surface area contributed by atoms with Gasteiger partial charge in [0, 0.05) is 12.3 Å². The third-order valence-corrected chi connectivity index (χ3v) is 1.80. The van der Waals surface area contributed by atoms with Gasteiger partial charge in [-0.1, -0.05) is 12.2 Å². The summed E-state index contributed by atoms with van der Waals surface area (Å²) >= 11 is 4.80. The monoisotopic (exact) mass is 170 g/mol. The topological polar surface area (TPSA) is 58.9 Å². The van der Waals surface area contributed by atoms with Crippen LogP contribution in [-0.2, 0) is 0 Å². The molecule has 11 heavy (non-hydrogen) atoms. The molecule has 0 radical (unpaired) electrons. The molecule has 0 atom stereocenters. The standard InChI is InChI=1S/C6H6N2O2S/c1-4-5(8(9)10)2-3-7-6(4)11/h2-3H,1H3,(H,7,11). The number of pyridine rings is 1. The molecule has 0 unspecified atom stereocenters. The molecule has 0 aliphatic carbocycles. The number of hydrogen-bond donors (Lipinski definition) is 1. The maximum absolute atomic E-state index is 10.3. The molecule has 1 aromatic rings. The number of nitrogens with zero attached hydrogens (tertiary/aromatic N) is 1. The van der Waals surface area contributed by atoms with Gasteiger partial charge in [0.25, 0.3) is 5.69 Å². The molecule has 58 valence electrons. The quantitative estimate of drug-likeness (QED) is 0.398. The van der Waals surface area contributed by atoms with Crippen molar-refractivity contribution in [2.24, 2.45) is 0 Å². The van der Waals surface area contributed by atoms with Gasteiger partial charge in [0.2, 0.25) is 0 Å². The number of nitro groups is 1. The molecule has 5 heteroatoms. The molecule has 1 N–H and O–H groups in total. The molecule has 0 aliphatic heterocycles. The highest BCUT2D eigenvalue weighted by Crippen LogP contribution is 2.15. The van der Waals surface area contributed by atoms with Crippen LogP contribution < -0.4 is 0 Å². The van der Waals surface area contributed by atoms with Gasteiger partial charge in [-0.05, 0) is 6.92 Å². The summed E-state index contributed by atoms with van der Waals surface area (Å²) < 4.78 is 0.416. The number of hydrogen-bond acceptors (Lipinski definition) is 3. The molecule has 0 bridgehead atoms. The van der Waals surface area contributed by atoms with Crippen LogP contribution in [0.25, 0.3) is 0 Å². The summed E-state index contributed by atoms with van der Waals surface area (Å²) in [5.74, 6) is 0. The number of aromatic nitrogens is 1. The van der Waals surface area contributed by atoms with Crippen molar-refractivity contribution in [3.63, 3.8) is 0 Å². The van der Waals surface area contributed by atoms with Crippen molar-refractivity contribution in [1.29, 1.82) is 0 Å². The third-order valence-electron chi connectivity index (χ3n) is 1.38. The lowest BCUT2D eigenvalue weighted by Gasteiger charge is -1.94. The molecule has 1 aromatic heterocycles. The fourth-order valence-electron chi connectivity index (χ4n) is 0.744. The van der Waals surface area contributed by atoms with Gasteiger partial charge in [-0.2, -0.15) is 0 Å². The average Bonchev–Trinajstić information content (AvgIpc) is 1.94. The Morgan fingerprint density at radius 3 is 2.82 bits per heavy atom. The zero-order valence-electron chi connectivity index (χ0n) is 5.83. The molecule has 4 nitrogen and oxygen atoms in total. The van der Waals surface area contributed by atoms with E-state index >= 15 is 0 Å². The minimum atomic E-state index is -0.445. The number of aromatic amines is 1. The van der Waals surface area contributed by atoms with Crippen LogP contribution in [0.1, 0.15) is 5.56 Å². The lowest BCUT2D eigenvalue weighted by atomic mass is 10.3. The molecule has 0 saturated carbocycles. The largest absolute Gasteiger partial charge is 0.352 e. The molecule has 0 aliphatic rings. The van der Waals surface area contributed by atoms with Crippen molar-refractivity contribution in [3.05, 3.63) is 32.6 Å². The van der Waals surface area contributed by atoms with Crippen LogP contribution >= 0.6 is 12.2 Å². The van der Waals surface area contributed by atoms with Crippen LogP contribution in [0.4, 0.5) is 5.69 Å². The lowest BCUT2D eigenvalue weighted by Crippen LogP contribution is -1.92. The highest BCUT2D eigenvalue weighted by molar-refractivity contribution is 7.71. The van der Waals surface area contributed by atoms with Gasteiger partial charge in [0.15, 0.2) is 0 Å². The first-order valence-corrected chi connectivity index (χ1v) is 3.36. The minimum Gasteiger partial charge on any atom is -0.352 e. The molecule has 0 aromatic carbocycles. The predicted octanol–water partition coefficient (Wildman–Crippen LogP) is 1.96. The Hall–Kier alpha value is -1.23. The summed E-state index contributed by atoms with van der Waals surface area (Å²) in [6.07, 6.45) is 1.47. The van der Waals surface area contributed by atoms with E-state index in [1.54, 1.807) is 6.92 Å². The van der Waals surface area contributed by atoms with Crippen LogP contribution in [0, 0.1) is 21.7 Å². The van der Waals surface area contributed by atoms with Crippen molar-refractivity contribution in [2.45, 2.75) is 6.92 Å². The van der Waals surface area contributed by atoms with E-state index in [1.807, 2.05) is 0 Å². The zero-order chi connectivity index (χ0) is 8.43. The van der Waals surface area contributed by atoms with Crippen molar-refractivity contribution < 1.29 is 4.92 Å². The predicted molar refractivity (Wildman–Crippen MR) is 43.0 cm³/mol. The summed E-state index contributed by atoms with van der Waals surface area (Å²) in [7, 11) is 0. The van der Waals surface area contributed by atoms with Crippen molar-refractivity contribution >= 4 is 17.9 Å². The van der Waals surface area contributed by atoms with Crippen molar-refractivity contribution in [3.8, 4) is 0 Å². The second kappa shape index (κ2) is 2.79. The molecule has 0 fully saturated rings. The fraction of sp³-hybridized carbons (Fsp3) is 0.167. The zero-order valence-corrected chi connectivity index (χ0v) is 6.64. The molecule has 1 heterocycles. The Kier molecular flexibility index (Phi) is 2.00. The van der Waals surface area contributed by atoms with Crippen LogP contribution in [0.3, 0.4) is 0 Å². The second-order valence-electron chi connectivity index (χ2n) is 2.07. The summed E-state index contributed by atoms with van der Waals surface area (Å²) in [6, 6.07) is 1.39. The highest BCUT2D eigenvalue weighted by atomic mass is 32.1.